The summed E-state index contributed by atoms with van der Waals surface area (Å²) >= 11 is 0. The second-order valence-corrected chi connectivity index (χ2v) is 10.4. The number of nitrogens with zero attached hydrogens (tertiary/aromatic N) is 1. The van der Waals surface area contributed by atoms with Gasteiger partial charge in [0, 0.05) is 18.8 Å². The maximum atomic E-state index is 14.1. The molecular formula is C29H38FNO5. The Morgan fingerprint density at radius 1 is 1.03 bits per heavy atom. The molecule has 0 spiro atoms. The molecule has 0 aliphatic carbocycles. The quantitative estimate of drug-likeness (QED) is 0.218. The van der Waals surface area contributed by atoms with Gasteiger partial charge in [-0.1, -0.05) is 51.5 Å². The minimum Gasteiger partial charge on any atom is -0.481 e. The van der Waals surface area contributed by atoms with Crippen molar-refractivity contribution in [2.24, 2.45) is 5.92 Å². The van der Waals surface area contributed by atoms with Crippen molar-refractivity contribution in [3.05, 3.63) is 53.0 Å². The molecule has 196 valence electrons. The Morgan fingerprint density at radius 3 is 2.56 bits per heavy atom. The number of hydrogen-bond acceptors (Lipinski definition) is 5. The zero-order chi connectivity index (χ0) is 25.5. The predicted octanol–water partition coefficient (Wildman–Crippen LogP) is 6.66. The van der Waals surface area contributed by atoms with E-state index in [0.29, 0.717) is 30.8 Å². The van der Waals surface area contributed by atoms with Gasteiger partial charge in [-0.25, -0.2) is 9.37 Å². The van der Waals surface area contributed by atoms with E-state index in [1.165, 1.54) is 44.1 Å². The van der Waals surface area contributed by atoms with Crippen molar-refractivity contribution in [3.63, 3.8) is 0 Å². The lowest BCUT2D eigenvalue weighted by molar-refractivity contribution is -0.136. The monoisotopic (exact) mass is 499 g/mol. The summed E-state index contributed by atoms with van der Waals surface area (Å²) in [6, 6.07) is 4.57. The molecule has 0 amide bonds. The fourth-order valence-electron chi connectivity index (χ4n) is 5.84. The van der Waals surface area contributed by atoms with E-state index >= 15 is 0 Å². The Labute approximate surface area is 212 Å². The maximum Gasteiger partial charge on any atom is 0.303 e. The van der Waals surface area contributed by atoms with Crippen molar-refractivity contribution in [3.8, 4) is 0 Å². The fraction of sp³-hybridized carbons (Fsp3) is 0.621. The zero-order valence-corrected chi connectivity index (χ0v) is 21.2. The van der Waals surface area contributed by atoms with Crippen LogP contribution in [0.2, 0.25) is 0 Å². The van der Waals surface area contributed by atoms with E-state index in [0.717, 1.165) is 43.2 Å². The average Bonchev–Trinajstić information content (AvgIpc) is 3.59. The summed E-state index contributed by atoms with van der Waals surface area (Å²) < 4.78 is 26.1. The SMILES string of the molecule is CCCCCCCCCC(=O)c1coc(C2C3CCC(O3)C2Cc2cc(F)ccc2CCC(=O)O)n1. The number of aromatic nitrogens is 1. The minimum atomic E-state index is -0.875. The van der Waals surface area contributed by atoms with Crippen LogP contribution in [-0.4, -0.2) is 34.1 Å². The van der Waals surface area contributed by atoms with Crippen LogP contribution < -0.4 is 0 Å². The van der Waals surface area contributed by atoms with Crippen LogP contribution >= 0.6 is 0 Å². The number of unbranched alkanes of at least 4 members (excludes halogenated alkanes) is 6. The topological polar surface area (TPSA) is 89.6 Å². The Balaban J connectivity index is 1.40. The van der Waals surface area contributed by atoms with Gasteiger partial charge < -0.3 is 14.3 Å². The summed E-state index contributed by atoms with van der Waals surface area (Å²) in [6.45, 7) is 2.21. The van der Waals surface area contributed by atoms with Gasteiger partial charge in [-0.3, -0.25) is 9.59 Å². The fourth-order valence-corrected chi connectivity index (χ4v) is 5.84. The number of carboxylic acid groups (broad SMARTS) is 1. The molecule has 2 aliphatic heterocycles. The molecule has 4 unspecified atom stereocenters. The molecule has 36 heavy (non-hydrogen) atoms. The molecule has 1 aromatic heterocycles. The van der Waals surface area contributed by atoms with E-state index in [1.807, 2.05) is 0 Å². The molecule has 2 fully saturated rings. The first kappa shape index (κ1) is 26.5. The third kappa shape index (κ3) is 6.61. The highest BCUT2D eigenvalue weighted by Crippen LogP contribution is 2.50. The summed E-state index contributed by atoms with van der Waals surface area (Å²) in [5.41, 5.74) is 2.04. The lowest BCUT2D eigenvalue weighted by Crippen LogP contribution is -2.28. The number of carbonyl (C=O) groups excluding carboxylic acids is 1. The Hall–Kier alpha value is -2.54. The Kier molecular flexibility index (Phi) is 9.30. The highest BCUT2D eigenvalue weighted by molar-refractivity contribution is 5.93. The third-order valence-electron chi connectivity index (χ3n) is 7.76. The number of fused-ring (bicyclic) bond motifs is 2. The second-order valence-electron chi connectivity index (χ2n) is 10.4. The number of rotatable bonds is 15. The molecule has 0 radical (unpaired) electrons. The summed E-state index contributed by atoms with van der Waals surface area (Å²) in [5.74, 6) is -0.726. The van der Waals surface area contributed by atoms with Crippen LogP contribution in [0.5, 0.6) is 0 Å². The number of halogens is 1. The largest absolute Gasteiger partial charge is 0.481 e. The van der Waals surface area contributed by atoms with Crippen LogP contribution in [-0.2, 0) is 22.4 Å². The van der Waals surface area contributed by atoms with Gasteiger partial charge in [0.05, 0.1) is 18.1 Å². The highest BCUT2D eigenvalue weighted by atomic mass is 19.1. The lowest BCUT2D eigenvalue weighted by Gasteiger charge is -2.26. The molecule has 3 heterocycles. The van der Waals surface area contributed by atoms with E-state index in [2.05, 4.69) is 11.9 Å². The van der Waals surface area contributed by atoms with Gasteiger partial charge in [0.15, 0.2) is 5.78 Å². The molecule has 2 saturated heterocycles. The second kappa shape index (κ2) is 12.6. The number of carbonyl (C=O) groups is 2. The van der Waals surface area contributed by atoms with Crippen molar-refractivity contribution in [1.82, 2.24) is 4.98 Å². The lowest BCUT2D eigenvalue weighted by atomic mass is 9.75. The molecule has 4 atom stereocenters. The van der Waals surface area contributed by atoms with Gasteiger partial charge in [0.2, 0.25) is 5.89 Å². The van der Waals surface area contributed by atoms with Gasteiger partial charge in [-0.15, -0.1) is 0 Å². The number of hydrogen-bond donors (Lipinski definition) is 1. The molecule has 2 aliphatic rings. The minimum absolute atomic E-state index is 0.000762. The summed E-state index contributed by atoms with van der Waals surface area (Å²) in [6.07, 6.45) is 12.8. The van der Waals surface area contributed by atoms with Crippen LogP contribution in [0.1, 0.15) is 111 Å². The number of aryl methyl sites for hydroxylation is 1. The van der Waals surface area contributed by atoms with Crippen LogP contribution in [0.15, 0.2) is 28.9 Å². The van der Waals surface area contributed by atoms with Crippen LogP contribution in [0.25, 0.3) is 0 Å². The summed E-state index contributed by atoms with van der Waals surface area (Å²) in [7, 11) is 0. The van der Waals surface area contributed by atoms with Crippen molar-refractivity contribution in [1.29, 1.82) is 0 Å². The predicted molar refractivity (Wildman–Crippen MR) is 134 cm³/mol. The Morgan fingerprint density at radius 2 is 1.78 bits per heavy atom. The van der Waals surface area contributed by atoms with Gasteiger partial charge in [0.1, 0.15) is 17.8 Å². The number of ether oxygens (including phenoxy) is 1. The van der Waals surface area contributed by atoms with Crippen LogP contribution in [0, 0.1) is 11.7 Å². The van der Waals surface area contributed by atoms with Crippen LogP contribution in [0.4, 0.5) is 4.39 Å². The summed E-state index contributed by atoms with van der Waals surface area (Å²) in [5, 5.41) is 9.10. The standard InChI is InChI=1S/C29H38FNO5/c1-2-3-4-5-6-7-8-9-24(32)23-18-35-29(31-23)28-22(25-13-14-26(28)36-25)17-20-16-21(30)12-10-19(20)11-15-27(33)34/h10,12,16,18,22,25-26,28H,2-9,11,13-15,17H2,1H3,(H,33,34). The van der Waals surface area contributed by atoms with E-state index in [4.69, 9.17) is 14.3 Å². The number of benzene rings is 1. The molecule has 7 heteroatoms. The van der Waals surface area contributed by atoms with Crippen molar-refractivity contribution in [2.75, 3.05) is 0 Å². The smallest absolute Gasteiger partial charge is 0.303 e. The molecule has 2 bridgehead atoms. The number of carboxylic acids is 1. The van der Waals surface area contributed by atoms with Crippen molar-refractivity contribution >= 4 is 11.8 Å². The number of oxazole rings is 1. The molecule has 6 nitrogen and oxygen atoms in total. The number of Topliss-reactive ketones (excluding diaryl/α,β-unsaturated/α-hetero) is 1. The first-order valence-corrected chi connectivity index (χ1v) is 13.6. The molecule has 0 saturated carbocycles. The van der Waals surface area contributed by atoms with Crippen molar-refractivity contribution in [2.45, 2.75) is 109 Å². The van der Waals surface area contributed by atoms with Gasteiger partial charge in [0.25, 0.3) is 0 Å². The van der Waals surface area contributed by atoms with Gasteiger partial charge in [-0.2, -0.15) is 0 Å². The molecule has 4 rings (SSSR count). The first-order valence-electron chi connectivity index (χ1n) is 13.6. The summed E-state index contributed by atoms with van der Waals surface area (Å²) in [4.78, 5) is 28.4. The molecular weight excluding hydrogens is 461 g/mol. The average molecular weight is 500 g/mol. The first-order chi connectivity index (χ1) is 17.5. The van der Waals surface area contributed by atoms with Crippen molar-refractivity contribution < 1.29 is 28.2 Å². The van der Waals surface area contributed by atoms with Gasteiger partial charge in [-0.05, 0) is 55.4 Å². The highest BCUT2D eigenvalue weighted by Gasteiger charge is 2.51. The molecule has 2 aromatic rings. The normalized spacial score (nSPS) is 22.8. The van der Waals surface area contributed by atoms with E-state index in [1.54, 1.807) is 6.07 Å². The number of aliphatic carboxylic acids is 1. The zero-order valence-electron chi connectivity index (χ0n) is 21.2. The molecule has 1 N–H and O–H groups in total. The van der Waals surface area contributed by atoms with Gasteiger partial charge >= 0.3 is 5.97 Å². The maximum absolute atomic E-state index is 14.1. The van der Waals surface area contributed by atoms with Crippen LogP contribution in [0.3, 0.4) is 0 Å². The molecule has 1 aromatic carbocycles. The van der Waals surface area contributed by atoms with E-state index < -0.39 is 5.97 Å². The van der Waals surface area contributed by atoms with E-state index in [-0.39, 0.29) is 42.1 Å². The third-order valence-corrected chi connectivity index (χ3v) is 7.76. The number of ketones is 1. The van der Waals surface area contributed by atoms with E-state index in [9.17, 15) is 14.0 Å². The Bertz CT molecular complexity index is 1030.